The van der Waals surface area contributed by atoms with Gasteiger partial charge in [0.2, 0.25) is 0 Å². The number of anilines is 1. The second-order valence-electron chi connectivity index (χ2n) is 5.70. The molecule has 1 N–H and O–H groups in total. The molecule has 4 rings (SSSR count). The molecule has 0 saturated heterocycles. The van der Waals surface area contributed by atoms with Crippen LogP contribution in [0, 0.1) is 0 Å². The van der Waals surface area contributed by atoms with Gasteiger partial charge in [0, 0.05) is 36.0 Å². The minimum atomic E-state index is 0.547. The van der Waals surface area contributed by atoms with E-state index < -0.39 is 0 Å². The van der Waals surface area contributed by atoms with Gasteiger partial charge in [-0.3, -0.25) is 4.98 Å². The lowest BCUT2D eigenvalue weighted by molar-refractivity contribution is 0.344. The number of furan rings is 1. The van der Waals surface area contributed by atoms with Gasteiger partial charge in [0.25, 0.3) is 0 Å². The average molecular weight is 346 g/mol. The van der Waals surface area contributed by atoms with Gasteiger partial charge in [0.1, 0.15) is 17.1 Å². The Morgan fingerprint density at radius 2 is 2.04 bits per heavy atom. The lowest BCUT2D eigenvalue weighted by atomic mass is 10.0. The fourth-order valence-corrected chi connectivity index (χ4v) is 2.88. The molecule has 0 amide bonds. The van der Waals surface area contributed by atoms with E-state index in [4.69, 9.17) is 14.1 Å². The second kappa shape index (κ2) is 6.84. The van der Waals surface area contributed by atoms with Crippen LogP contribution < -0.4 is 10.1 Å². The molecular formula is C20H18N4O2. The monoisotopic (exact) mass is 346 g/mol. The van der Waals surface area contributed by atoms with E-state index >= 15 is 0 Å². The van der Waals surface area contributed by atoms with E-state index in [0.29, 0.717) is 18.2 Å². The van der Waals surface area contributed by atoms with Crippen LogP contribution in [-0.4, -0.2) is 28.6 Å². The maximum Gasteiger partial charge on any atom is 0.163 e. The smallest absolute Gasteiger partial charge is 0.163 e. The lowest BCUT2D eigenvalue weighted by Gasteiger charge is -2.13. The Morgan fingerprint density at radius 1 is 1.12 bits per heavy atom. The highest BCUT2D eigenvalue weighted by molar-refractivity contribution is 5.97. The Labute approximate surface area is 150 Å². The lowest BCUT2D eigenvalue weighted by Crippen LogP contribution is -2.02. The number of hydrogen-bond donors (Lipinski definition) is 1. The van der Waals surface area contributed by atoms with E-state index in [2.05, 4.69) is 15.3 Å². The maximum absolute atomic E-state index is 5.88. The molecule has 0 unspecified atom stereocenters. The predicted octanol–water partition coefficient (Wildman–Crippen LogP) is 4.39. The highest BCUT2D eigenvalue weighted by atomic mass is 16.5. The number of benzene rings is 1. The molecule has 0 bridgehead atoms. The molecule has 6 nitrogen and oxygen atoms in total. The SMILES string of the molecule is CCOc1cc(-c2ccoc2)cc2c(NC)nc(-c3cccnc3)nc12. The Bertz CT molecular complexity index is 1030. The summed E-state index contributed by atoms with van der Waals surface area (Å²) in [7, 11) is 1.85. The third kappa shape index (κ3) is 2.86. The molecule has 0 fully saturated rings. The van der Waals surface area contributed by atoms with Gasteiger partial charge in [0.05, 0.1) is 19.1 Å². The second-order valence-corrected chi connectivity index (χ2v) is 5.70. The van der Waals surface area contributed by atoms with Gasteiger partial charge in [-0.2, -0.15) is 0 Å². The van der Waals surface area contributed by atoms with Crippen molar-refractivity contribution in [2.75, 3.05) is 19.0 Å². The van der Waals surface area contributed by atoms with Gasteiger partial charge in [0.15, 0.2) is 5.82 Å². The molecule has 0 aliphatic rings. The molecule has 4 aromatic rings. The summed E-state index contributed by atoms with van der Waals surface area (Å²) in [6, 6.07) is 9.75. The first-order valence-electron chi connectivity index (χ1n) is 8.39. The third-order valence-electron chi connectivity index (χ3n) is 4.08. The summed E-state index contributed by atoms with van der Waals surface area (Å²) in [5.41, 5.74) is 3.58. The molecule has 0 radical (unpaired) electrons. The van der Waals surface area contributed by atoms with Crippen LogP contribution in [0.5, 0.6) is 5.75 Å². The third-order valence-corrected chi connectivity index (χ3v) is 4.08. The summed E-state index contributed by atoms with van der Waals surface area (Å²) in [6.45, 7) is 2.50. The normalized spacial score (nSPS) is 10.8. The Morgan fingerprint density at radius 3 is 2.73 bits per heavy atom. The molecule has 0 atom stereocenters. The number of ether oxygens (including phenoxy) is 1. The Balaban J connectivity index is 1.99. The van der Waals surface area contributed by atoms with Crippen LogP contribution in [0.25, 0.3) is 33.4 Å². The topological polar surface area (TPSA) is 73.1 Å². The first-order chi connectivity index (χ1) is 12.8. The van der Waals surface area contributed by atoms with Gasteiger partial charge in [-0.15, -0.1) is 0 Å². The van der Waals surface area contributed by atoms with Gasteiger partial charge in [-0.25, -0.2) is 9.97 Å². The minimum Gasteiger partial charge on any atom is -0.492 e. The Hall–Kier alpha value is -3.41. The summed E-state index contributed by atoms with van der Waals surface area (Å²) < 4.78 is 11.1. The van der Waals surface area contributed by atoms with Crippen LogP contribution in [-0.2, 0) is 0 Å². The molecule has 3 aromatic heterocycles. The van der Waals surface area contributed by atoms with Crippen molar-refractivity contribution >= 4 is 16.7 Å². The van der Waals surface area contributed by atoms with E-state index in [1.54, 1.807) is 24.9 Å². The van der Waals surface area contributed by atoms with Gasteiger partial charge in [-0.05, 0) is 42.8 Å². The molecule has 3 heterocycles. The van der Waals surface area contributed by atoms with E-state index in [1.165, 1.54) is 0 Å². The van der Waals surface area contributed by atoms with E-state index in [1.807, 2.05) is 44.3 Å². The van der Waals surface area contributed by atoms with Crippen LogP contribution >= 0.6 is 0 Å². The van der Waals surface area contributed by atoms with Gasteiger partial charge < -0.3 is 14.5 Å². The quantitative estimate of drug-likeness (QED) is 0.578. The van der Waals surface area contributed by atoms with Crippen LogP contribution in [0.1, 0.15) is 6.92 Å². The zero-order valence-corrected chi connectivity index (χ0v) is 14.6. The fraction of sp³-hybridized carbons (Fsp3) is 0.150. The van der Waals surface area contributed by atoms with E-state index in [-0.39, 0.29) is 0 Å². The number of fused-ring (bicyclic) bond motifs is 1. The van der Waals surface area contributed by atoms with Crippen molar-refractivity contribution in [3.05, 3.63) is 55.3 Å². The molecule has 0 spiro atoms. The first kappa shape index (κ1) is 16.1. The Kier molecular flexibility index (Phi) is 4.23. The summed E-state index contributed by atoms with van der Waals surface area (Å²) in [5, 5.41) is 4.06. The number of nitrogens with one attached hydrogen (secondary N) is 1. The molecule has 26 heavy (non-hydrogen) atoms. The van der Waals surface area contributed by atoms with Gasteiger partial charge >= 0.3 is 0 Å². The predicted molar refractivity (Wildman–Crippen MR) is 101 cm³/mol. The standard InChI is InChI=1S/C20H18N4O2/c1-3-26-17-10-15(14-6-8-25-12-14)9-16-18(17)23-19(24-20(16)21-2)13-5-4-7-22-11-13/h4-12H,3H2,1-2H3,(H,21,23,24). The molecule has 0 aliphatic heterocycles. The summed E-state index contributed by atoms with van der Waals surface area (Å²) >= 11 is 0. The summed E-state index contributed by atoms with van der Waals surface area (Å²) in [5.74, 6) is 2.05. The molecule has 0 aliphatic carbocycles. The first-order valence-corrected chi connectivity index (χ1v) is 8.39. The van der Waals surface area contributed by atoms with Crippen LogP contribution in [0.15, 0.2) is 59.7 Å². The molecule has 130 valence electrons. The van der Waals surface area contributed by atoms with E-state index in [0.717, 1.165) is 33.4 Å². The van der Waals surface area contributed by atoms with E-state index in [9.17, 15) is 0 Å². The van der Waals surface area contributed by atoms with Crippen LogP contribution in [0.2, 0.25) is 0 Å². The van der Waals surface area contributed by atoms with Crippen molar-refractivity contribution < 1.29 is 9.15 Å². The number of rotatable bonds is 5. The van der Waals surface area contributed by atoms with Crippen molar-refractivity contribution in [1.29, 1.82) is 0 Å². The number of aromatic nitrogens is 3. The van der Waals surface area contributed by atoms with Gasteiger partial charge in [-0.1, -0.05) is 0 Å². The molecule has 1 aromatic carbocycles. The number of nitrogens with zero attached hydrogens (tertiary/aromatic N) is 3. The number of pyridine rings is 1. The fourth-order valence-electron chi connectivity index (χ4n) is 2.88. The summed E-state index contributed by atoms with van der Waals surface area (Å²) in [6.07, 6.45) is 6.84. The molecule has 0 saturated carbocycles. The van der Waals surface area contributed by atoms with Crippen molar-refractivity contribution in [2.24, 2.45) is 0 Å². The van der Waals surface area contributed by atoms with Crippen molar-refractivity contribution in [1.82, 2.24) is 15.0 Å². The van der Waals surface area contributed by atoms with Crippen LogP contribution in [0.3, 0.4) is 0 Å². The zero-order valence-electron chi connectivity index (χ0n) is 14.6. The molecule has 6 heteroatoms. The maximum atomic E-state index is 5.88. The molecular weight excluding hydrogens is 328 g/mol. The van der Waals surface area contributed by atoms with Crippen LogP contribution in [0.4, 0.5) is 5.82 Å². The highest BCUT2D eigenvalue weighted by Crippen LogP contribution is 2.36. The largest absolute Gasteiger partial charge is 0.492 e. The zero-order chi connectivity index (χ0) is 17.9. The van der Waals surface area contributed by atoms with Crippen molar-refractivity contribution in [3.8, 4) is 28.3 Å². The minimum absolute atomic E-state index is 0.547. The summed E-state index contributed by atoms with van der Waals surface area (Å²) in [4.78, 5) is 13.6. The number of hydrogen-bond acceptors (Lipinski definition) is 6. The van der Waals surface area contributed by atoms with Crippen molar-refractivity contribution in [2.45, 2.75) is 6.92 Å². The van der Waals surface area contributed by atoms with Crippen molar-refractivity contribution in [3.63, 3.8) is 0 Å². The average Bonchev–Trinajstić information content (AvgIpc) is 3.23. The highest BCUT2D eigenvalue weighted by Gasteiger charge is 2.15.